The molecule has 0 aliphatic carbocycles. The SMILES string of the molecule is CC[C@H]1O[C@@H](n2cc(C)c(=O)n(C(=O)OC(C)(C)C)c2=O)C[C@@H]1C.CC[C@H]1O[C@@H](n2cc(C)c(=O)n(C(=O)OC(C)(C)C)c2=O)C[C@H]1[18F].Cc1cn([C@H]2C[C@@H]([18F])[C@@H](CO)O2)c(=O)[nH]c1=O. The molecule has 0 radical (unpaired) electrons. The third-order valence-electron chi connectivity index (χ3n) is 10.6. The number of aromatic amines is 1. The van der Waals surface area contributed by atoms with Gasteiger partial charge in [0.25, 0.3) is 16.7 Å². The van der Waals surface area contributed by atoms with Gasteiger partial charge in [0, 0.05) is 48.1 Å². The van der Waals surface area contributed by atoms with Crippen LogP contribution in [0.2, 0.25) is 0 Å². The van der Waals surface area contributed by atoms with E-state index < -0.39 is 107 Å². The number of nitrogens with one attached hydrogen (secondary N) is 1. The quantitative estimate of drug-likeness (QED) is 0.355. The van der Waals surface area contributed by atoms with E-state index in [2.05, 4.69) is 11.9 Å². The van der Waals surface area contributed by atoms with Crippen LogP contribution in [0.15, 0.2) is 47.4 Å². The van der Waals surface area contributed by atoms with Crippen LogP contribution in [0.5, 0.6) is 0 Å². The molecule has 3 saturated heterocycles. The van der Waals surface area contributed by atoms with Gasteiger partial charge in [0.15, 0.2) is 0 Å². The number of halogens is 2. The van der Waals surface area contributed by atoms with E-state index in [0.717, 1.165) is 15.6 Å². The first-order valence-electron chi connectivity index (χ1n) is 21.5. The zero-order chi connectivity index (χ0) is 49.0. The molecule has 362 valence electrons. The van der Waals surface area contributed by atoms with Gasteiger partial charge in [-0.15, -0.1) is 0 Å². The molecule has 3 aliphatic rings. The lowest BCUT2D eigenvalue weighted by Gasteiger charge is -2.21. The minimum atomic E-state index is -1.32. The lowest BCUT2D eigenvalue weighted by atomic mass is 10.0. The number of aliphatic hydroxyl groups excluding tert-OH is 1. The molecule has 3 aromatic heterocycles. The molecule has 65 heavy (non-hydrogen) atoms. The zero-order valence-corrected chi connectivity index (χ0v) is 38.9. The summed E-state index contributed by atoms with van der Waals surface area (Å²) < 4.78 is 58.8. The summed E-state index contributed by atoms with van der Waals surface area (Å²) in [7, 11) is 0. The molecule has 6 rings (SSSR count). The van der Waals surface area contributed by atoms with Gasteiger partial charge in [-0.05, 0) is 87.5 Å². The van der Waals surface area contributed by atoms with Crippen LogP contribution in [0.3, 0.4) is 0 Å². The lowest BCUT2D eigenvalue weighted by molar-refractivity contribution is -0.0356. The van der Waals surface area contributed by atoms with Crippen molar-refractivity contribution in [2.75, 3.05) is 6.61 Å². The van der Waals surface area contributed by atoms with Gasteiger partial charge in [0.05, 0.1) is 18.8 Å². The third kappa shape index (κ3) is 12.5. The predicted octanol–water partition coefficient (Wildman–Crippen LogP) is 4.04. The summed E-state index contributed by atoms with van der Waals surface area (Å²) in [6, 6.07) is 0. The fourth-order valence-electron chi connectivity index (χ4n) is 7.33. The monoisotopic (exact) mass is 922 g/mol. The van der Waals surface area contributed by atoms with Gasteiger partial charge in [-0.3, -0.25) is 33.1 Å². The second kappa shape index (κ2) is 20.9. The van der Waals surface area contributed by atoms with Crippen molar-refractivity contribution >= 4 is 12.2 Å². The highest BCUT2D eigenvalue weighted by atomic mass is 18.2. The smallest absolute Gasteiger partial charge is 0.425 e. The molecule has 6 heterocycles. The molecule has 3 fully saturated rings. The van der Waals surface area contributed by atoms with Gasteiger partial charge < -0.3 is 28.8 Å². The van der Waals surface area contributed by atoms with Gasteiger partial charge in [0.1, 0.15) is 48.3 Å². The van der Waals surface area contributed by atoms with Gasteiger partial charge in [-0.1, -0.05) is 20.8 Å². The molecule has 2 N–H and O–H groups in total. The highest BCUT2D eigenvalue weighted by Crippen LogP contribution is 2.34. The van der Waals surface area contributed by atoms with Crippen LogP contribution in [0.1, 0.15) is 130 Å². The molecule has 3 aromatic rings. The number of aliphatic hydroxyl groups is 1. The Labute approximate surface area is 372 Å². The highest BCUT2D eigenvalue weighted by molar-refractivity contribution is 5.71. The van der Waals surface area contributed by atoms with Gasteiger partial charge in [-0.2, -0.15) is 9.13 Å². The Balaban J connectivity index is 0.000000217. The molecule has 0 saturated carbocycles. The summed E-state index contributed by atoms with van der Waals surface area (Å²) in [5, 5.41) is 8.86. The van der Waals surface area contributed by atoms with Crippen molar-refractivity contribution in [1.82, 2.24) is 27.8 Å². The van der Waals surface area contributed by atoms with Crippen LogP contribution in [0.4, 0.5) is 18.4 Å². The van der Waals surface area contributed by atoms with Crippen molar-refractivity contribution in [1.29, 1.82) is 0 Å². The number of aryl methyl sites for hydroxylation is 3. The Bertz CT molecular complexity index is 2440. The molecule has 0 amide bonds. The number of H-pyrrole nitrogens is 1. The topological polar surface area (TPSA) is 243 Å². The fourth-order valence-corrected chi connectivity index (χ4v) is 7.33. The predicted molar refractivity (Wildman–Crippen MR) is 231 cm³/mol. The maximum atomic E-state index is 13.9. The first kappa shape index (κ1) is 52.3. The van der Waals surface area contributed by atoms with Crippen molar-refractivity contribution in [2.45, 2.75) is 176 Å². The summed E-state index contributed by atoms with van der Waals surface area (Å²) in [6.07, 6.45) is -2.10. The van der Waals surface area contributed by atoms with Gasteiger partial charge in [0.2, 0.25) is 0 Å². The van der Waals surface area contributed by atoms with E-state index in [1.165, 1.54) is 30.1 Å². The number of rotatable bonds is 6. The fraction of sp³-hybridized carbons (Fsp3) is 0.674. The molecule has 0 spiro atoms. The Morgan fingerprint density at radius 1 is 0.662 bits per heavy atom. The van der Waals surface area contributed by atoms with Crippen LogP contribution in [0.25, 0.3) is 0 Å². The molecule has 0 bridgehead atoms. The van der Waals surface area contributed by atoms with Crippen molar-refractivity contribution in [3.8, 4) is 0 Å². The Hall–Kier alpha value is -5.32. The van der Waals surface area contributed by atoms with E-state index >= 15 is 0 Å². The minimum Gasteiger partial charge on any atom is -0.443 e. The lowest BCUT2D eigenvalue weighted by Crippen LogP contribution is -2.47. The van der Waals surface area contributed by atoms with E-state index in [4.69, 9.17) is 28.8 Å². The number of carbonyl (C=O) groups excluding carboxylic acids is 2. The summed E-state index contributed by atoms with van der Waals surface area (Å²) in [6.45, 7) is 19.9. The number of hydrogen-bond acceptors (Lipinski definition) is 14. The maximum absolute atomic E-state index is 13.9. The van der Waals surface area contributed by atoms with Crippen LogP contribution < -0.4 is 33.7 Å². The normalized spacial score (nSPS) is 25.3. The molecule has 20 nitrogen and oxygen atoms in total. The largest absolute Gasteiger partial charge is 0.443 e. The third-order valence-corrected chi connectivity index (χ3v) is 10.6. The second-order valence-corrected chi connectivity index (χ2v) is 18.3. The Morgan fingerprint density at radius 2 is 1.05 bits per heavy atom. The molecule has 0 aromatic carbocycles. The maximum Gasteiger partial charge on any atom is 0.425 e. The number of ether oxygens (including phenoxy) is 5. The molecular formula is C43H62F2N6O14. The van der Waals surface area contributed by atoms with Crippen LogP contribution >= 0.6 is 0 Å². The van der Waals surface area contributed by atoms with E-state index in [1.54, 1.807) is 62.3 Å². The van der Waals surface area contributed by atoms with Gasteiger partial charge in [-0.25, -0.2) is 32.8 Å². The first-order valence-corrected chi connectivity index (χ1v) is 21.5. The number of carbonyl (C=O) groups is 2. The highest BCUT2D eigenvalue weighted by Gasteiger charge is 2.38. The van der Waals surface area contributed by atoms with Crippen molar-refractivity contribution < 1.29 is 47.2 Å². The Kier molecular flexibility index (Phi) is 16.8. The molecule has 0 unspecified atom stereocenters. The number of aromatic nitrogens is 6. The minimum absolute atomic E-state index is 0.00955. The van der Waals surface area contributed by atoms with Crippen LogP contribution in [-0.4, -0.2) is 93.6 Å². The summed E-state index contributed by atoms with van der Waals surface area (Å²) in [5.41, 5.74) is -5.02. The van der Waals surface area contributed by atoms with Crippen molar-refractivity contribution in [3.63, 3.8) is 0 Å². The first-order chi connectivity index (χ1) is 30.1. The second-order valence-electron chi connectivity index (χ2n) is 18.3. The van der Waals surface area contributed by atoms with Crippen molar-refractivity contribution in [3.05, 3.63) is 97.8 Å². The average molecular weight is 923 g/mol. The Morgan fingerprint density at radius 3 is 1.43 bits per heavy atom. The summed E-state index contributed by atoms with van der Waals surface area (Å²) in [5.74, 6) is 0.300. The summed E-state index contributed by atoms with van der Waals surface area (Å²) in [4.78, 5) is 99.1. The van der Waals surface area contributed by atoms with Crippen LogP contribution in [-0.2, 0) is 23.7 Å². The van der Waals surface area contributed by atoms with E-state index in [1.807, 2.05) is 6.92 Å². The standard InChI is InChI=1S/C17H26N2O5.C16H23FN2O5.C10H13FN2O4/c1-7-12-10(2)8-13(23-12)18-9-11(3)14(20)19(15(18)21)16(22)24-17(4,5)6;1-6-11-10(17)7-12(23-11)18-8-9(2)13(20)19(14(18)21)15(22)24-16(3,4)5;1-5-3-13(10(16)12-9(5)15)8-2-6(11)7(4-14)17-8/h9-10,12-13H,7-8H2,1-6H3;8,10-12H,6-7H2,1-5H3;3,6-8,14H,2,4H2,1H3,(H,12,15,16)/t10-,12+,13+;10-,11-,12-;6-,7-,8-/m011/s1/i;17-1;11-1. The molecule has 9 atom stereocenters. The molecule has 3 aliphatic heterocycles. The number of hydrogen-bond donors (Lipinski definition) is 2. The van der Waals surface area contributed by atoms with Crippen molar-refractivity contribution in [2.24, 2.45) is 5.92 Å². The van der Waals surface area contributed by atoms with Gasteiger partial charge >= 0.3 is 29.3 Å². The zero-order valence-electron chi connectivity index (χ0n) is 38.9. The number of nitrogens with zero attached hydrogens (tertiary/aromatic N) is 5. The molecule has 22 heteroatoms. The van der Waals surface area contributed by atoms with E-state index in [0.29, 0.717) is 33.5 Å². The van der Waals surface area contributed by atoms with Crippen LogP contribution in [0, 0.1) is 26.7 Å². The van der Waals surface area contributed by atoms with E-state index in [9.17, 15) is 47.1 Å². The number of alkyl halides is 2. The molecular weight excluding hydrogens is 861 g/mol. The summed E-state index contributed by atoms with van der Waals surface area (Å²) >= 11 is 0. The average Bonchev–Trinajstić information content (AvgIpc) is 3.89. The van der Waals surface area contributed by atoms with E-state index in [-0.39, 0.29) is 30.1 Å².